The second-order valence-corrected chi connectivity index (χ2v) is 15.7. The van der Waals surface area contributed by atoms with Gasteiger partial charge in [0.15, 0.2) is 0 Å². The third-order valence-corrected chi connectivity index (χ3v) is 12.1. The number of allylic oxidation sites excluding steroid dienone is 2. The van der Waals surface area contributed by atoms with Gasteiger partial charge < -0.3 is 9.32 Å². The number of pyridine rings is 1. The quantitative estimate of drug-likeness (QED) is 0.160. The summed E-state index contributed by atoms with van der Waals surface area (Å²) >= 11 is 0. The summed E-state index contributed by atoms with van der Waals surface area (Å²) in [5, 5.41) is 2.23. The minimum absolute atomic E-state index is 0.0191. The lowest BCUT2D eigenvalue weighted by Gasteiger charge is -2.33. The fourth-order valence-electron chi connectivity index (χ4n) is 9.03. The van der Waals surface area contributed by atoms with Crippen molar-refractivity contribution < 1.29 is 4.42 Å². The van der Waals surface area contributed by atoms with Crippen LogP contribution in [0.25, 0.3) is 78.7 Å². The number of nitrogens with zero attached hydrogens (tertiary/aromatic N) is 2. The van der Waals surface area contributed by atoms with E-state index in [9.17, 15) is 0 Å². The van der Waals surface area contributed by atoms with E-state index in [1.54, 1.807) is 6.08 Å². The van der Waals surface area contributed by atoms with Crippen LogP contribution < -0.4 is 4.90 Å². The molecule has 3 heterocycles. The van der Waals surface area contributed by atoms with Crippen molar-refractivity contribution in [1.82, 2.24) is 4.98 Å². The van der Waals surface area contributed by atoms with Gasteiger partial charge >= 0.3 is 0 Å². The summed E-state index contributed by atoms with van der Waals surface area (Å²) in [5.74, 6) is 0.905. The highest BCUT2D eigenvalue weighted by molar-refractivity contribution is 5.98. The molecule has 0 bridgehead atoms. The van der Waals surface area contributed by atoms with Crippen molar-refractivity contribution in [3.8, 4) is 44.6 Å². The molecule has 8 aromatic rings. The molecule has 0 saturated carbocycles. The fourth-order valence-corrected chi connectivity index (χ4v) is 9.03. The van der Waals surface area contributed by atoms with Crippen molar-refractivity contribution in [3.63, 3.8) is 0 Å². The molecular weight excluding hydrogens is 681 g/mol. The normalized spacial score (nSPS) is 15.4. The monoisotopic (exact) mass is 722 g/mol. The SMILES string of the molecule is C=C/C=C\c1c(C)oc2ccc(-c3ccc(-c4ccc5ccc6c(c5n4)N(C)C(c4ccc(-c5ccc7c(c5)C(C)(C)c5ccccc5-7)cc4)C=C6)cc3)cc12. The van der Waals surface area contributed by atoms with E-state index in [0.717, 1.165) is 61.3 Å². The smallest absolute Gasteiger partial charge is 0.134 e. The Balaban J connectivity index is 0.932. The highest BCUT2D eigenvalue weighted by Crippen LogP contribution is 2.49. The minimum atomic E-state index is -0.0191. The van der Waals surface area contributed by atoms with Crippen molar-refractivity contribution in [2.45, 2.75) is 32.2 Å². The lowest BCUT2D eigenvalue weighted by atomic mass is 9.81. The van der Waals surface area contributed by atoms with Gasteiger partial charge in [-0.2, -0.15) is 0 Å². The van der Waals surface area contributed by atoms with Crippen LogP contribution >= 0.6 is 0 Å². The first kappa shape index (κ1) is 33.8. The summed E-state index contributed by atoms with van der Waals surface area (Å²) in [7, 11) is 2.20. The lowest BCUT2D eigenvalue weighted by Crippen LogP contribution is -2.26. The second-order valence-electron chi connectivity index (χ2n) is 15.7. The van der Waals surface area contributed by atoms with Gasteiger partial charge in [-0.15, -0.1) is 0 Å². The van der Waals surface area contributed by atoms with Crippen LogP contribution in [0.4, 0.5) is 5.69 Å². The van der Waals surface area contributed by atoms with Crippen molar-refractivity contribution in [1.29, 1.82) is 0 Å². The molecule has 1 atom stereocenters. The average molecular weight is 723 g/mol. The summed E-state index contributed by atoms with van der Waals surface area (Å²) in [5.41, 5.74) is 18.9. The average Bonchev–Trinajstić information content (AvgIpc) is 3.67. The first-order chi connectivity index (χ1) is 27.3. The standard InChI is InChI=1S/C53H42N2O/c1-6-7-10-42-33(2)56-50-30-26-40(31-45(42)50)34-13-17-36(18-14-34)48-28-24-38-21-22-39-25-29-49(55(5)52(39)51(38)54-48)37-19-15-35(16-20-37)41-23-27-44-43-11-8-9-12-46(43)53(3,4)47(44)32-41/h6-32,49H,1H2,2-5H3/b10-7-. The Morgan fingerprint density at radius 1 is 0.714 bits per heavy atom. The van der Waals surface area contributed by atoms with Gasteiger partial charge in [0.25, 0.3) is 0 Å². The number of aromatic nitrogens is 1. The maximum atomic E-state index is 6.02. The molecule has 3 nitrogen and oxygen atoms in total. The molecule has 6 aromatic carbocycles. The van der Waals surface area contributed by atoms with Crippen LogP contribution in [0.15, 0.2) is 163 Å². The largest absolute Gasteiger partial charge is 0.461 e. The number of hydrogen-bond donors (Lipinski definition) is 0. The number of furan rings is 1. The maximum Gasteiger partial charge on any atom is 0.134 e. The van der Waals surface area contributed by atoms with Crippen LogP contribution in [0.3, 0.4) is 0 Å². The Morgan fingerprint density at radius 3 is 2.20 bits per heavy atom. The van der Waals surface area contributed by atoms with Crippen LogP contribution in [-0.2, 0) is 5.41 Å². The number of hydrogen-bond acceptors (Lipinski definition) is 3. The van der Waals surface area contributed by atoms with Crippen LogP contribution in [0.2, 0.25) is 0 Å². The highest BCUT2D eigenvalue weighted by Gasteiger charge is 2.35. The molecule has 270 valence electrons. The minimum Gasteiger partial charge on any atom is -0.461 e. The van der Waals surface area contributed by atoms with Gasteiger partial charge in [-0.3, -0.25) is 0 Å². The van der Waals surface area contributed by atoms with Gasteiger partial charge in [-0.05, 0) is 86.8 Å². The Bertz CT molecular complexity index is 2920. The zero-order valence-corrected chi connectivity index (χ0v) is 32.2. The number of anilines is 1. The number of aryl methyl sites for hydroxylation is 1. The van der Waals surface area contributed by atoms with Crippen LogP contribution in [0.5, 0.6) is 0 Å². The zero-order chi connectivity index (χ0) is 38.1. The Labute approximate surface area is 328 Å². The topological polar surface area (TPSA) is 29.3 Å². The molecule has 56 heavy (non-hydrogen) atoms. The van der Waals surface area contributed by atoms with Gasteiger partial charge in [-0.1, -0.05) is 160 Å². The molecule has 0 N–H and O–H groups in total. The number of likely N-dealkylation sites (N-methyl/N-ethyl adjacent to an activating group) is 1. The van der Waals surface area contributed by atoms with Gasteiger partial charge in [0.2, 0.25) is 0 Å². The third-order valence-electron chi connectivity index (χ3n) is 12.1. The Hall–Kier alpha value is -6.71. The highest BCUT2D eigenvalue weighted by atomic mass is 16.3. The van der Waals surface area contributed by atoms with E-state index in [2.05, 4.69) is 184 Å². The van der Waals surface area contributed by atoms with Gasteiger partial charge in [0, 0.05) is 34.4 Å². The van der Waals surface area contributed by atoms with E-state index in [-0.39, 0.29) is 11.5 Å². The number of fused-ring (bicyclic) bond motifs is 7. The summed E-state index contributed by atoms with van der Waals surface area (Å²) in [4.78, 5) is 7.71. The predicted octanol–water partition coefficient (Wildman–Crippen LogP) is 14.0. The molecule has 0 saturated heterocycles. The van der Waals surface area contributed by atoms with Gasteiger partial charge in [-0.25, -0.2) is 4.98 Å². The molecule has 2 aromatic heterocycles. The summed E-state index contributed by atoms with van der Waals surface area (Å²) in [6, 6.07) is 48.9. The van der Waals surface area contributed by atoms with E-state index in [1.807, 2.05) is 13.0 Å². The molecule has 0 fully saturated rings. The Kier molecular flexibility index (Phi) is 7.83. The van der Waals surface area contributed by atoms with Crippen molar-refractivity contribution in [2.24, 2.45) is 0 Å². The van der Waals surface area contributed by atoms with Crippen molar-refractivity contribution >= 4 is 39.7 Å². The molecule has 2 aliphatic rings. The Morgan fingerprint density at radius 2 is 1.39 bits per heavy atom. The van der Waals surface area contributed by atoms with E-state index in [0.29, 0.717) is 0 Å². The van der Waals surface area contributed by atoms with E-state index in [4.69, 9.17) is 9.40 Å². The maximum absolute atomic E-state index is 6.02. The second kappa shape index (κ2) is 13.0. The van der Waals surface area contributed by atoms with Crippen molar-refractivity contribution in [2.75, 3.05) is 11.9 Å². The lowest BCUT2D eigenvalue weighted by molar-refractivity contribution is 0.577. The molecule has 1 aliphatic heterocycles. The molecule has 10 rings (SSSR count). The molecule has 0 radical (unpaired) electrons. The fraction of sp³-hybridized carbons (Fsp3) is 0.113. The van der Waals surface area contributed by atoms with Gasteiger partial charge in [0.1, 0.15) is 11.3 Å². The van der Waals surface area contributed by atoms with Crippen LogP contribution in [0.1, 0.15) is 53.5 Å². The van der Waals surface area contributed by atoms with E-state index < -0.39 is 0 Å². The van der Waals surface area contributed by atoms with Gasteiger partial charge in [0.05, 0.1) is 22.9 Å². The zero-order valence-electron chi connectivity index (χ0n) is 32.2. The van der Waals surface area contributed by atoms with Crippen LogP contribution in [-0.4, -0.2) is 12.0 Å². The molecule has 1 aliphatic carbocycles. The predicted molar refractivity (Wildman–Crippen MR) is 236 cm³/mol. The first-order valence-electron chi connectivity index (χ1n) is 19.4. The summed E-state index contributed by atoms with van der Waals surface area (Å²) in [6.45, 7) is 10.5. The summed E-state index contributed by atoms with van der Waals surface area (Å²) < 4.78 is 6.02. The van der Waals surface area contributed by atoms with Crippen LogP contribution in [0, 0.1) is 6.92 Å². The molecule has 0 amide bonds. The molecule has 0 spiro atoms. The summed E-state index contributed by atoms with van der Waals surface area (Å²) in [6.07, 6.45) is 10.4. The molecule has 1 unspecified atom stereocenters. The number of benzene rings is 6. The molecular formula is C53H42N2O. The number of rotatable bonds is 6. The van der Waals surface area contributed by atoms with E-state index >= 15 is 0 Å². The first-order valence-corrected chi connectivity index (χ1v) is 19.4. The molecule has 3 heteroatoms. The van der Waals surface area contributed by atoms with Crippen molar-refractivity contribution in [3.05, 3.63) is 192 Å². The third kappa shape index (κ3) is 5.38. The van der Waals surface area contributed by atoms with E-state index in [1.165, 1.54) is 44.5 Å².